The van der Waals surface area contributed by atoms with Crippen molar-refractivity contribution in [3.63, 3.8) is 0 Å². The molecule has 4 aromatic rings. The van der Waals surface area contributed by atoms with E-state index in [1.54, 1.807) is 41.3 Å². The van der Waals surface area contributed by atoms with Gasteiger partial charge in [-0.25, -0.2) is 4.68 Å². The van der Waals surface area contributed by atoms with E-state index in [2.05, 4.69) is 22.2 Å². The first-order chi connectivity index (χ1) is 17.0. The van der Waals surface area contributed by atoms with Crippen LogP contribution in [-0.4, -0.2) is 37.3 Å². The molecule has 182 valence electrons. The van der Waals surface area contributed by atoms with Crippen LogP contribution < -0.4 is 5.56 Å². The van der Waals surface area contributed by atoms with Crippen molar-refractivity contribution in [1.82, 2.24) is 24.9 Å². The Morgan fingerprint density at radius 2 is 1.74 bits per heavy atom. The van der Waals surface area contributed by atoms with Crippen LogP contribution in [0.25, 0.3) is 22.2 Å². The van der Waals surface area contributed by atoms with Crippen molar-refractivity contribution in [3.05, 3.63) is 75.5 Å². The third kappa shape index (κ3) is 5.43. The summed E-state index contributed by atoms with van der Waals surface area (Å²) in [6, 6.07) is 14.3. The summed E-state index contributed by atoms with van der Waals surface area (Å²) >= 11 is 6.25. The number of benzene rings is 2. The van der Waals surface area contributed by atoms with Gasteiger partial charge in [0, 0.05) is 18.5 Å². The standard InChI is InChI=1S/C26H28ClN5O3/c1-3-5-10-16-32-25(33)19-12-7-6-11-18(19)23(30-32)26(34)31(15-4-2)17-22-28-29-24(35-22)20-13-8-9-14-21(20)27/h6-9,11-14H,3-5,10,15-17H2,1-2H3. The summed E-state index contributed by atoms with van der Waals surface area (Å²) in [6.07, 6.45) is 3.56. The lowest BCUT2D eigenvalue weighted by Crippen LogP contribution is -2.35. The number of halogens is 1. The third-order valence-electron chi connectivity index (χ3n) is 5.72. The van der Waals surface area contributed by atoms with E-state index in [-0.39, 0.29) is 23.7 Å². The molecule has 0 bridgehead atoms. The molecule has 0 radical (unpaired) electrons. The van der Waals surface area contributed by atoms with Gasteiger partial charge in [0.1, 0.15) is 0 Å². The fourth-order valence-corrected chi connectivity index (χ4v) is 4.17. The van der Waals surface area contributed by atoms with E-state index in [1.165, 1.54) is 4.68 Å². The van der Waals surface area contributed by atoms with Crippen LogP contribution >= 0.6 is 11.6 Å². The first-order valence-electron chi connectivity index (χ1n) is 11.9. The van der Waals surface area contributed by atoms with Gasteiger partial charge in [0.05, 0.1) is 22.5 Å². The van der Waals surface area contributed by atoms with E-state index in [1.807, 2.05) is 19.1 Å². The Morgan fingerprint density at radius 1 is 1.00 bits per heavy atom. The largest absolute Gasteiger partial charge is 0.419 e. The SMILES string of the molecule is CCCCCn1nc(C(=O)N(CCC)Cc2nnc(-c3ccccc3Cl)o2)c2ccccc2c1=O. The minimum Gasteiger partial charge on any atom is -0.419 e. The van der Waals surface area contributed by atoms with Crippen molar-refractivity contribution >= 4 is 28.3 Å². The number of hydrogen-bond donors (Lipinski definition) is 0. The van der Waals surface area contributed by atoms with Crippen LogP contribution in [0.3, 0.4) is 0 Å². The highest BCUT2D eigenvalue weighted by Crippen LogP contribution is 2.26. The Hall–Kier alpha value is -3.52. The van der Waals surface area contributed by atoms with Gasteiger partial charge in [0.15, 0.2) is 5.69 Å². The molecular formula is C26H28ClN5O3. The average molecular weight is 494 g/mol. The zero-order valence-corrected chi connectivity index (χ0v) is 20.7. The second-order valence-electron chi connectivity index (χ2n) is 8.34. The maximum absolute atomic E-state index is 13.7. The number of aryl methyl sites for hydroxylation is 1. The topological polar surface area (TPSA) is 94.1 Å². The molecule has 8 nitrogen and oxygen atoms in total. The molecule has 0 saturated carbocycles. The molecule has 2 heterocycles. The Labute approximate surface area is 208 Å². The predicted octanol–water partition coefficient (Wildman–Crippen LogP) is 5.34. The maximum Gasteiger partial charge on any atom is 0.275 e. The smallest absolute Gasteiger partial charge is 0.275 e. The fraction of sp³-hybridized carbons (Fsp3) is 0.346. The number of rotatable bonds is 10. The summed E-state index contributed by atoms with van der Waals surface area (Å²) in [4.78, 5) is 28.3. The van der Waals surface area contributed by atoms with Crippen molar-refractivity contribution in [2.45, 2.75) is 52.6 Å². The number of unbranched alkanes of at least 4 members (excludes halogenated alkanes) is 2. The summed E-state index contributed by atoms with van der Waals surface area (Å²) in [5.41, 5.74) is 0.695. The molecule has 0 fully saturated rings. The van der Waals surface area contributed by atoms with Crippen molar-refractivity contribution in [1.29, 1.82) is 0 Å². The molecule has 0 atom stereocenters. The molecule has 4 rings (SSSR count). The molecule has 35 heavy (non-hydrogen) atoms. The average Bonchev–Trinajstić information content (AvgIpc) is 3.33. The predicted molar refractivity (Wildman–Crippen MR) is 135 cm³/mol. The number of hydrogen-bond acceptors (Lipinski definition) is 6. The minimum absolute atomic E-state index is 0.120. The molecule has 0 aliphatic carbocycles. The van der Waals surface area contributed by atoms with Gasteiger partial charge in [-0.1, -0.05) is 68.6 Å². The highest BCUT2D eigenvalue weighted by Gasteiger charge is 2.24. The lowest BCUT2D eigenvalue weighted by molar-refractivity contribution is 0.0722. The summed E-state index contributed by atoms with van der Waals surface area (Å²) in [7, 11) is 0. The van der Waals surface area contributed by atoms with Crippen LogP contribution in [0.4, 0.5) is 0 Å². The van der Waals surface area contributed by atoms with Gasteiger partial charge in [-0.15, -0.1) is 10.2 Å². The molecule has 0 unspecified atom stereocenters. The first kappa shape index (κ1) is 24.6. The van der Waals surface area contributed by atoms with Crippen molar-refractivity contribution in [3.8, 4) is 11.5 Å². The molecule has 0 aliphatic rings. The zero-order valence-electron chi connectivity index (χ0n) is 19.9. The van der Waals surface area contributed by atoms with Gasteiger partial charge in [-0.05, 0) is 31.0 Å². The molecule has 0 N–H and O–H groups in total. The Morgan fingerprint density at radius 3 is 2.49 bits per heavy atom. The van der Waals surface area contributed by atoms with Crippen LogP contribution in [0, 0.1) is 0 Å². The van der Waals surface area contributed by atoms with E-state index in [9.17, 15) is 9.59 Å². The molecule has 9 heteroatoms. The van der Waals surface area contributed by atoms with Crippen LogP contribution in [0.1, 0.15) is 55.9 Å². The number of carbonyl (C=O) groups excluding carboxylic acids is 1. The van der Waals surface area contributed by atoms with Gasteiger partial charge in [-0.3, -0.25) is 9.59 Å². The summed E-state index contributed by atoms with van der Waals surface area (Å²) < 4.78 is 7.25. The van der Waals surface area contributed by atoms with Crippen LogP contribution in [0.2, 0.25) is 5.02 Å². The maximum atomic E-state index is 13.7. The summed E-state index contributed by atoms with van der Waals surface area (Å²) in [5.74, 6) is 0.301. The van der Waals surface area contributed by atoms with Gasteiger partial charge in [0.2, 0.25) is 11.8 Å². The van der Waals surface area contributed by atoms with Crippen molar-refractivity contribution in [2.75, 3.05) is 6.54 Å². The number of fused-ring (bicyclic) bond motifs is 1. The van der Waals surface area contributed by atoms with Gasteiger partial charge < -0.3 is 9.32 Å². The number of carbonyl (C=O) groups is 1. The van der Waals surface area contributed by atoms with E-state index in [0.29, 0.717) is 46.2 Å². The zero-order chi connectivity index (χ0) is 24.8. The van der Waals surface area contributed by atoms with Crippen LogP contribution in [0.5, 0.6) is 0 Å². The monoisotopic (exact) mass is 493 g/mol. The Balaban J connectivity index is 1.67. The van der Waals surface area contributed by atoms with E-state index in [0.717, 1.165) is 25.7 Å². The van der Waals surface area contributed by atoms with Crippen molar-refractivity contribution < 1.29 is 9.21 Å². The quantitative estimate of drug-likeness (QED) is 0.277. The highest BCUT2D eigenvalue weighted by atomic mass is 35.5. The summed E-state index contributed by atoms with van der Waals surface area (Å²) in [6.45, 7) is 5.14. The van der Waals surface area contributed by atoms with Gasteiger partial charge in [0.25, 0.3) is 11.5 Å². The number of aromatic nitrogens is 4. The van der Waals surface area contributed by atoms with E-state index in [4.69, 9.17) is 16.0 Å². The second kappa shape index (κ2) is 11.3. The Bertz CT molecular complexity index is 1380. The first-order valence-corrected chi connectivity index (χ1v) is 12.3. The lowest BCUT2D eigenvalue weighted by atomic mass is 10.1. The van der Waals surface area contributed by atoms with Gasteiger partial charge >= 0.3 is 0 Å². The molecule has 1 amide bonds. The lowest BCUT2D eigenvalue weighted by Gasteiger charge is -2.21. The fourth-order valence-electron chi connectivity index (χ4n) is 3.95. The minimum atomic E-state index is -0.287. The molecule has 2 aromatic carbocycles. The summed E-state index contributed by atoms with van der Waals surface area (Å²) in [5, 5.41) is 14.3. The number of amides is 1. The molecular weight excluding hydrogens is 466 g/mol. The van der Waals surface area contributed by atoms with E-state index < -0.39 is 0 Å². The highest BCUT2D eigenvalue weighted by molar-refractivity contribution is 6.33. The normalized spacial score (nSPS) is 11.2. The van der Waals surface area contributed by atoms with Crippen molar-refractivity contribution in [2.24, 2.45) is 0 Å². The van der Waals surface area contributed by atoms with E-state index >= 15 is 0 Å². The molecule has 0 spiro atoms. The molecule has 2 aromatic heterocycles. The van der Waals surface area contributed by atoms with Crippen LogP contribution in [-0.2, 0) is 13.1 Å². The number of nitrogens with zero attached hydrogens (tertiary/aromatic N) is 5. The third-order valence-corrected chi connectivity index (χ3v) is 6.05. The molecule has 0 saturated heterocycles. The van der Waals surface area contributed by atoms with Gasteiger partial charge in [-0.2, -0.15) is 5.10 Å². The second-order valence-corrected chi connectivity index (χ2v) is 8.74. The van der Waals surface area contributed by atoms with Crippen LogP contribution in [0.15, 0.2) is 57.7 Å². The molecule has 0 aliphatic heterocycles. The Kier molecular flexibility index (Phi) is 7.92.